The van der Waals surface area contributed by atoms with E-state index in [4.69, 9.17) is 11.6 Å². The summed E-state index contributed by atoms with van der Waals surface area (Å²) in [4.78, 5) is 13.5. The first-order valence-electron chi connectivity index (χ1n) is 6.41. The lowest BCUT2D eigenvalue weighted by Gasteiger charge is -2.28. The molecular weight excluding hydrogens is 248 g/mol. The summed E-state index contributed by atoms with van der Waals surface area (Å²) in [7, 11) is 0. The molecule has 0 aromatic heterocycles. The van der Waals surface area contributed by atoms with E-state index in [0.717, 1.165) is 18.1 Å². The van der Waals surface area contributed by atoms with Gasteiger partial charge in [-0.3, -0.25) is 9.69 Å². The number of nitrogens with zero attached hydrogens (tertiary/aromatic N) is 1. The van der Waals surface area contributed by atoms with E-state index in [0.29, 0.717) is 6.54 Å². The molecule has 1 aromatic rings. The molecule has 1 aliphatic rings. The van der Waals surface area contributed by atoms with Crippen molar-refractivity contribution in [1.82, 2.24) is 10.2 Å². The molecule has 2 rings (SSSR count). The second kappa shape index (κ2) is 6.21. The van der Waals surface area contributed by atoms with Crippen LogP contribution in [0.2, 0.25) is 5.02 Å². The summed E-state index contributed by atoms with van der Waals surface area (Å²) in [5.74, 6) is 0.0150. The first kappa shape index (κ1) is 13.4. The fourth-order valence-corrected chi connectivity index (χ4v) is 2.66. The van der Waals surface area contributed by atoms with Gasteiger partial charge in [-0.15, -0.1) is 0 Å². The number of hydrogen-bond donors (Lipinski definition) is 1. The van der Waals surface area contributed by atoms with Crippen molar-refractivity contribution < 1.29 is 4.79 Å². The average Bonchev–Trinajstić information content (AvgIpc) is 2.83. The lowest BCUT2D eigenvalue weighted by molar-refractivity contribution is -0.119. The number of carbonyl (C=O) groups is 1. The molecule has 1 unspecified atom stereocenters. The van der Waals surface area contributed by atoms with Crippen LogP contribution in [-0.2, 0) is 4.79 Å². The van der Waals surface area contributed by atoms with Gasteiger partial charge in [-0.25, -0.2) is 0 Å². The molecule has 1 fully saturated rings. The second-order valence-corrected chi connectivity index (χ2v) is 5.19. The van der Waals surface area contributed by atoms with Crippen molar-refractivity contribution >= 4 is 17.5 Å². The summed E-state index contributed by atoms with van der Waals surface area (Å²) >= 11 is 6.05. The van der Waals surface area contributed by atoms with Gasteiger partial charge in [0.15, 0.2) is 0 Å². The molecule has 1 heterocycles. The minimum atomic E-state index is 0.0150. The topological polar surface area (TPSA) is 32.3 Å². The van der Waals surface area contributed by atoms with E-state index in [2.05, 4.69) is 16.3 Å². The quantitative estimate of drug-likeness (QED) is 0.909. The SMILES string of the molecule is CC(=O)NCC(c1cccc(Cl)c1)N1CCCC1. The van der Waals surface area contributed by atoms with Gasteiger partial charge in [0.1, 0.15) is 0 Å². The minimum Gasteiger partial charge on any atom is -0.354 e. The zero-order valence-corrected chi connectivity index (χ0v) is 11.4. The molecule has 98 valence electrons. The summed E-state index contributed by atoms with van der Waals surface area (Å²) in [6.07, 6.45) is 2.47. The van der Waals surface area contributed by atoms with Crippen LogP contribution in [0.4, 0.5) is 0 Å². The van der Waals surface area contributed by atoms with Gasteiger partial charge in [0.2, 0.25) is 5.91 Å². The van der Waals surface area contributed by atoms with Crippen molar-refractivity contribution in [3.05, 3.63) is 34.9 Å². The molecule has 0 saturated carbocycles. The van der Waals surface area contributed by atoms with Crippen molar-refractivity contribution in [2.45, 2.75) is 25.8 Å². The molecule has 4 heteroatoms. The molecule has 1 N–H and O–H groups in total. The van der Waals surface area contributed by atoms with Crippen LogP contribution in [0.25, 0.3) is 0 Å². The summed E-state index contributed by atoms with van der Waals surface area (Å²) in [5.41, 5.74) is 1.18. The van der Waals surface area contributed by atoms with Gasteiger partial charge >= 0.3 is 0 Å². The Balaban J connectivity index is 2.14. The van der Waals surface area contributed by atoms with Crippen molar-refractivity contribution in [2.75, 3.05) is 19.6 Å². The molecule has 3 nitrogen and oxygen atoms in total. The Kier molecular flexibility index (Phi) is 4.61. The van der Waals surface area contributed by atoms with Crippen LogP contribution in [-0.4, -0.2) is 30.4 Å². The Labute approximate surface area is 113 Å². The van der Waals surface area contributed by atoms with E-state index in [1.807, 2.05) is 18.2 Å². The summed E-state index contributed by atoms with van der Waals surface area (Å²) in [6.45, 7) is 4.39. The maximum absolute atomic E-state index is 11.1. The fraction of sp³-hybridized carbons (Fsp3) is 0.500. The smallest absolute Gasteiger partial charge is 0.216 e. The van der Waals surface area contributed by atoms with Crippen LogP contribution in [0.1, 0.15) is 31.4 Å². The molecule has 0 spiro atoms. The van der Waals surface area contributed by atoms with Gasteiger partial charge in [0.25, 0.3) is 0 Å². The normalized spacial score (nSPS) is 17.7. The minimum absolute atomic E-state index is 0.0150. The largest absolute Gasteiger partial charge is 0.354 e. The Hall–Kier alpha value is -1.06. The highest BCUT2D eigenvalue weighted by Crippen LogP contribution is 2.26. The lowest BCUT2D eigenvalue weighted by Crippen LogP contribution is -2.35. The maximum atomic E-state index is 11.1. The van der Waals surface area contributed by atoms with Gasteiger partial charge in [0.05, 0.1) is 6.04 Å². The fourth-order valence-electron chi connectivity index (χ4n) is 2.47. The van der Waals surface area contributed by atoms with Crippen LogP contribution in [0.3, 0.4) is 0 Å². The zero-order valence-electron chi connectivity index (χ0n) is 10.7. The summed E-state index contributed by atoms with van der Waals surface area (Å²) in [6, 6.07) is 8.15. The first-order valence-corrected chi connectivity index (χ1v) is 6.78. The highest BCUT2D eigenvalue weighted by atomic mass is 35.5. The number of rotatable bonds is 4. The zero-order chi connectivity index (χ0) is 13.0. The molecule has 0 bridgehead atoms. The maximum Gasteiger partial charge on any atom is 0.216 e. The van der Waals surface area contributed by atoms with E-state index < -0.39 is 0 Å². The predicted octanol–water partition coefficient (Wildman–Crippen LogP) is 2.61. The Morgan fingerprint density at radius 3 is 2.78 bits per heavy atom. The van der Waals surface area contributed by atoms with Crippen molar-refractivity contribution in [1.29, 1.82) is 0 Å². The van der Waals surface area contributed by atoms with E-state index in [1.54, 1.807) is 6.92 Å². The molecule has 18 heavy (non-hydrogen) atoms. The van der Waals surface area contributed by atoms with Crippen LogP contribution < -0.4 is 5.32 Å². The molecule has 1 aromatic carbocycles. The van der Waals surface area contributed by atoms with E-state index in [-0.39, 0.29) is 11.9 Å². The number of halogens is 1. The third kappa shape index (κ3) is 3.47. The van der Waals surface area contributed by atoms with Crippen molar-refractivity contribution in [2.24, 2.45) is 0 Å². The lowest BCUT2D eigenvalue weighted by atomic mass is 10.1. The number of amides is 1. The molecule has 1 amide bonds. The number of nitrogens with one attached hydrogen (secondary N) is 1. The van der Waals surface area contributed by atoms with E-state index in [1.165, 1.54) is 18.4 Å². The first-order chi connectivity index (χ1) is 8.66. The summed E-state index contributed by atoms with van der Waals surface area (Å²) < 4.78 is 0. The van der Waals surface area contributed by atoms with E-state index >= 15 is 0 Å². The number of benzene rings is 1. The third-order valence-corrected chi connectivity index (χ3v) is 3.59. The van der Waals surface area contributed by atoms with Crippen LogP contribution in [0.5, 0.6) is 0 Å². The van der Waals surface area contributed by atoms with Crippen LogP contribution in [0, 0.1) is 0 Å². The number of likely N-dealkylation sites (tertiary alicyclic amines) is 1. The van der Waals surface area contributed by atoms with Gasteiger partial charge in [-0.05, 0) is 43.6 Å². The van der Waals surface area contributed by atoms with Crippen molar-refractivity contribution in [3.63, 3.8) is 0 Å². The molecule has 0 radical (unpaired) electrons. The van der Waals surface area contributed by atoms with E-state index in [9.17, 15) is 4.79 Å². The standard InChI is InChI=1S/C14H19ClN2O/c1-11(18)16-10-14(17-7-2-3-8-17)12-5-4-6-13(15)9-12/h4-6,9,14H,2-3,7-8,10H2,1H3,(H,16,18). The van der Waals surface area contributed by atoms with Crippen LogP contribution in [0.15, 0.2) is 24.3 Å². The molecule has 1 aliphatic heterocycles. The highest BCUT2D eigenvalue weighted by molar-refractivity contribution is 6.30. The monoisotopic (exact) mass is 266 g/mol. The third-order valence-electron chi connectivity index (χ3n) is 3.36. The molecule has 1 saturated heterocycles. The molecule has 1 atom stereocenters. The van der Waals surface area contributed by atoms with Gasteiger partial charge < -0.3 is 5.32 Å². The molecular formula is C14H19ClN2O. The van der Waals surface area contributed by atoms with Gasteiger partial charge in [-0.2, -0.15) is 0 Å². The Bertz CT molecular complexity index is 416. The highest BCUT2D eigenvalue weighted by Gasteiger charge is 2.23. The van der Waals surface area contributed by atoms with Gasteiger partial charge in [-0.1, -0.05) is 23.7 Å². The number of carbonyl (C=O) groups excluding carboxylic acids is 1. The van der Waals surface area contributed by atoms with Crippen molar-refractivity contribution in [3.8, 4) is 0 Å². The summed E-state index contributed by atoms with van der Waals surface area (Å²) in [5, 5.41) is 3.67. The van der Waals surface area contributed by atoms with Gasteiger partial charge in [0, 0.05) is 18.5 Å². The van der Waals surface area contributed by atoms with Crippen LogP contribution >= 0.6 is 11.6 Å². The second-order valence-electron chi connectivity index (χ2n) is 4.75. The average molecular weight is 267 g/mol. The predicted molar refractivity (Wildman–Crippen MR) is 73.7 cm³/mol. The number of hydrogen-bond acceptors (Lipinski definition) is 2. The molecule has 0 aliphatic carbocycles. The Morgan fingerprint density at radius 2 is 2.17 bits per heavy atom. The Morgan fingerprint density at radius 1 is 1.44 bits per heavy atom.